The van der Waals surface area contributed by atoms with Gasteiger partial charge in [-0.05, 0) is 33.7 Å². The van der Waals surface area contributed by atoms with Crippen LogP contribution in [0.5, 0.6) is 0 Å². The second-order valence-electron chi connectivity index (χ2n) is 6.55. The molecule has 2 rings (SSSR count). The smallest absolute Gasteiger partial charge is 0.227 e. The van der Waals surface area contributed by atoms with Crippen LogP contribution in [0.25, 0.3) is 0 Å². The van der Waals surface area contributed by atoms with Gasteiger partial charge in [0, 0.05) is 31.2 Å². The molecule has 104 valence electrons. The van der Waals surface area contributed by atoms with E-state index in [1.165, 1.54) is 6.42 Å². The SMILES string of the molecule is CN1CCN(C(=O)C2CCCCC2N)CC1(C)C. The van der Waals surface area contributed by atoms with Crippen LogP contribution in [0.3, 0.4) is 0 Å². The Labute approximate surface area is 110 Å². The minimum Gasteiger partial charge on any atom is -0.339 e. The normalized spacial score (nSPS) is 33.4. The summed E-state index contributed by atoms with van der Waals surface area (Å²) in [4.78, 5) is 17.0. The Bertz CT molecular complexity index is 316. The van der Waals surface area contributed by atoms with E-state index in [9.17, 15) is 4.79 Å². The summed E-state index contributed by atoms with van der Waals surface area (Å²) in [5.74, 6) is 0.362. The van der Waals surface area contributed by atoms with Gasteiger partial charge >= 0.3 is 0 Å². The van der Waals surface area contributed by atoms with E-state index in [0.29, 0.717) is 5.91 Å². The predicted octanol–water partition coefficient (Wildman–Crippen LogP) is 1.06. The van der Waals surface area contributed by atoms with Gasteiger partial charge in [0.05, 0.1) is 5.92 Å². The van der Waals surface area contributed by atoms with Crippen LogP contribution in [0.1, 0.15) is 39.5 Å². The van der Waals surface area contributed by atoms with E-state index in [0.717, 1.165) is 38.9 Å². The lowest BCUT2D eigenvalue weighted by Gasteiger charge is -2.46. The first-order valence-corrected chi connectivity index (χ1v) is 7.17. The molecule has 0 bridgehead atoms. The maximum absolute atomic E-state index is 12.6. The summed E-state index contributed by atoms with van der Waals surface area (Å²) < 4.78 is 0. The highest BCUT2D eigenvalue weighted by atomic mass is 16.2. The molecule has 0 spiro atoms. The third-order valence-corrected chi connectivity index (χ3v) is 4.76. The van der Waals surface area contributed by atoms with Crippen molar-refractivity contribution in [3.05, 3.63) is 0 Å². The first-order chi connectivity index (χ1) is 8.42. The Morgan fingerprint density at radius 2 is 1.89 bits per heavy atom. The Morgan fingerprint density at radius 1 is 1.22 bits per heavy atom. The van der Waals surface area contributed by atoms with Gasteiger partial charge in [0.15, 0.2) is 0 Å². The van der Waals surface area contributed by atoms with E-state index < -0.39 is 0 Å². The quantitative estimate of drug-likeness (QED) is 0.760. The number of rotatable bonds is 1. The molecule has 2 atom stereocenters. The first-order valence-electron chi connectivity index (χ1n) is 7.17. The number of likely N-dealkylation sites (N-methyl/N-ethyl adjacent to an activating group) is 1. The zero-order chi connectivity index (χ0) is 13.3. The molecule has 1 aliphatic carbocycles. The fourth-order valence-corrected chi connectivity index (χ4v) is 3.13. The van der Waals surface area contributed by atoms with E-state index in [-0.39, 0.29) is 17.5 Å². The van der Waals surface area contributed by atoms with Crippen molar-refractivity contribution in [1.29, 1.82) is 0 Å². The molecular formula is C14H27N3O. The van der Waals surface area contributed by atoms with Crippen LogP contribution in [0, 0.1) is 5.92 Å². The van der Waals surface area contributed by atoms with Crippen molar-refractivity contribution in [2.45, 2.75) is 51.1 Å². The maximum atomic E-state index is 12.6. The fourth-order valence-electron chi connectivity index (χ4n) is 3.13. The molecule has 2 aliphatic rings. The van der Waals surface area contributed by atoms with Gasteiger partial charge in [-0.15, -0.1) is 0 Å². The summed E-state index contributed by atoms with van der Waals surface area (Å²) in [6.45, 7) is 7.04. The second-order valence-corrected chi connectivity index (χ2v) is 6.55. The fraction of sp³-hybridized carbons (Fsp3) is 0.929. The van der Waals surface area contributed by atoms with Crippen LogP contribution in [0.15, 0.2) is 0 Å². The van der Waals surface area contributed by atoms with Crippen LogP contribution in [-0.4, -0.2) is 54.0 Å². The van der Waals surface area contributed by atoms with Gasteiger partial charge in [-0.25, -0.2) is 0 Å². The van der Waals surface area contributed by atoms with Gasteiger partial charge in [0.2, 0.25) is 5.91 Å². The molecule has 0 radical (unpaired) electrons. The van der Waals surface area contributed by atoms with Crippen LogP contribution >= 0.6 is 0 Å². The second kappa shape index (κ2) is 5.17. The Hall–Kier alpha value is -0.610. The predicted molar refractivity (Wildman–Crippen MR) is 73.2 cm³/mol. The van der Waals surface area contributed by atoms with Gasteiger partial charge in [0.25, 0.3) is 0 Å². The number of hydrogen-bond acceptors (Lipinski definition) is 3. The van der Waals surface area contributed by atoms with Gasteiger partial charge in [-0.1, -0.05) is 12.8 Å². The lowest BCUT2D eigenvalue weighted by molar-refractivity contribution is -0.141. The summed E-state index contributed by atoms with van der Waals surface area (Å²) in [5, 5.41) is 0. The topological polar surface area (TPSA) is 49.6 Å². The highest BCUT2D eigenvalue weighted by molar-refractivity contribution is 5.80. The van der Waals surface area contributed by atoms with Gasteiger partial charge in [0.1, 0.15) is 0 Å². The third kappa shape index (κ3) is 2.69. The highest BCUT2D eigenvalue weighted by Crippen LogP contribution is 2.27. The number of carbonyl (C=O) groups excluding carboxylic acids is 1. The third-order valence-electron chi connectivity index (χ3n) is 4.76. The molecule has 0 aromatic carbocycles. The molecule has 18 heavy (non-hydrogen) atoms. The average Bonchev–Trinajstić information content (AvgIpc) is 2.32. The van der Waals surface area contributed by atoms with Crippen molar-refractivity contribution in [1.82, 2.24) is 9.80 Å². The van der Waals surface area contributed by atoms with Crippen LogP contribution in [-0.2, 0) is 4.79 Å². The number of nitrogens with zero attached hydrogens (tertiary/aromatic N) is 2. The van der Waals surface area contributed by atoms with Crippen molar-refractivity contribution in [3.8, 4) is 0 Å². The van der Waals surface area contributed by atoms with Crippen molar-refractivity contribution in [2.75, 3.05) is 26.7 Å². The number of nitrogens with two attached hydrogens (primary N) is 1. The number of carbonyl (C=O) groups is 1. The molecule has 1 aliphatic heterocycles. The minimum atomic E-state index is 0.0676. The maximum Gasteiger partial charge on any atom is 0.227 e. The molecule has 2 N–H and O–H groups in total. The molecule has 0 aromatic heterocycles. The summed E-state index contributed by atoms with van der Waals surface area (Å²) in [6.07, 6.45) is 4.32. The Balaban J connectivity index is 2.01. The zero-order valence-corrected chi connectivity index (χ0v) is 12.0. The van der Waals surface area contributed by atoms with Crippen LogP contribution < -0.4 is 5.73 Å². The highest BCUT2D eigenvalue weighted by Gasteiger charge is 2.37. The van der Waals surface area contributed by atoms with Crippen molar-refractivity contribution < 1.29 is 4.79 Å². The summed E-state index contributed by atoms with van der Waals surface area (Å²) in [5.41, 5.74) is 6.20. The summed E-state index contributed by atoms with van der Waals surface area (Å²) >= 11 is 0. The van der Waals surface area contributed by atoms with Crippen molar-refractivity contribution >= 4 is 5.91 Å². The summed E-state index contributed by atoms with van der Waals surface area (Å²) in [6, 6.07) is 0.0778. The molecule has 1 saturated carbocycles. The Kier molecular flexibility index (Phi) is 3.97. The first kappa shape index (κ1) is 13.8. The molecule has 1 saturated heterocycles. The van der Waals surface area contributed by atoms with E-state index in [1.807, 2.05) is 4.90 Å². The van der Waals surface area contributed by atoms with Crippen molar-refractivity contribution in [3.63, 3.8) is 0 Å². The molecule has 2 fully saturated rings. The molecule has 1 amide bonds. The van der Waals surface area contributed by atoms with E-state index in [2.05, 4.69) is 25.8 Å². The van der Waals surface area contributed by atoms with Crippen LogP contribution in [0.4, 0.5) is 0 Å². The molecule has 1 heterocycles. The number of amides is 1. The Morgan fingerprint density at radius 3 is 2.50 bits per heavy atom. The lowest BCUT2D eigenvalue weighted by Crippen LogP contribution is -2.60. The monoisotopic (exact) mass is 253 g/mol. The zero-order valence-electron chi connectivity index (χ0n) is 12.0. The molecule has 0 aromatic rings. The van der Waals surface area contributed by atoms with Gasteiger partial charge < -0.3 is 10.6 Å². The van der Waals surface area contributed by atoms with Crippen molar-refractivity contribution in [2.24, 2.45) is 11.7 Å². The van der Waals surface area contributed by atoms with E-state index in [1.54, 1.807) is 0 Å². The lowest BCUT2D eigenvalue weighted by atomic mass is 9.83. The van der Waals surface area contributed by atoms with Crippen LogP contribution in [0.2, 0.25) is 0 Å². The number of hydrogen-bond donors (Lipinski definition) is 1. The average molecular weight is 253 g/mol. The molecule has 2 unspecified atom stereocenters. The molecular weight excluding hydrogens is 226 g/mol. The minimum absolute atomic E-state index is 0.0676. The van der Waals surface area contributed by atoms with E-state index in [4.69, 9.17) is 5.73 Å². The van der Waals surface area contributed by atoms with E-state index >= 15 is 0 Å². The van der Waals surface area contributed by atoms with Gasteiger partial charge in [-0.3, -0.25) is 9.69 Å². The molecule has 4 nitrogen and oxygen atoms in total. The van der Waals surface area contributed by atoms with Gasteiger partial charge in [-0.2, -0.15) is 0 Å². The summed E-state index contributed by atoms with van der Waals surface area (Å²) in [7, 11) is 2.13. The number of piperazine rings is 1. The largest absolute Gasteiger partial charge is 0.339 e. The molecule has 4 heteroatoms. The standard InChI is InChI=1S/C14H27N3O/c1-14(2)10-17(9-8-16(14)3)13(18)11-6-4-5-7-12(11)15/h11-12H,4-10,15H2,1-3H3.